The second-order valence-corrected chi connectivity index (χ2v) is 8.61. The molecule has 3 N–H and O–H groups in total. The number of nitrogens with zero attached hydrogens (tertiary/aromatic N) is 2. The van der Waals surface area contributed by atoms with E-state index in [0.29, 0.717) is 36.3 Å². The molecule has 0 saturated carbocycles. The highest BCUT2D eigenvalue weighted by atomic mass is 32.2. The van der Waals surface area contributed by atoms with Crippen molar-refractivity contribution in [2.45, 2.75) is 23.7 Å². The molecule has 0 radical (unpaired) electrons. The molecule has 1 aromatic carbocycles. The first-order chi connectivity index (χ1) is 13.0. The molecule has 1 unspecified atom stereocenters. The summed E-state index contributed by atoms with van der Waals surface area (Å²) in [7, 11) is -3.70. The highest BCUT2D eigenvalue weighted by Gasteiger charge is 2.33. The standard InChI is InChI=1S/C19H20N4O3S/c20-19(24)15-8-10-22-17(15)14-6-3-11-23(12-14)27(25,26)16-7-1-4-13-5-2-9-21-18(13)16/h1-2,4-5,7-10,14,22H,3,6,11-12H2,(H2,20,24). The number of benzene rings is 1. The predicted octanol–water partition coefficient (Wildman–Crippen LogP) is 2.23. The normalized spacial score (nSPS) is 18.6. The van der Waals surface area contributed by atoms with Crippen LogP contribution < -0.4 is 5.73 Å². The third-order valence-corrected chi connectivity index (χ3v) is 6.95. The zero-order valence-corrected chi connectivity index (χ0v) is 15.4. The Kier molecular flexibility index (Phi) is 4.45. The molecule has 1 aliphatic heterocycles. The molecule has 7 nitrogen and oxygen atoms in total. The number of amides is 1. The van der Waals surface area contributed by atoms with Crippen LogP contribution in [0.2, 0.25) is 0 Å². The van der Waals surface area contributed by atoms with E-state index < -0.39 is 15.9 Å². The number of rotatable bonds is 4. The Morgan fingerprint density at radius 3 is 2.85 bits per heavy atom. The summed E-state index contributed by atoms with van der Waals surface area (Å²) in [5, 5.41) is 0.785. The predicted molar refractivity (Wildman–Crippen MR) is 102 cm³/mol. The number of aromatic nitrogens is 2. The van der Waals surface area contributed by atoms with Gasteiger partial charge >= 0.3 is 0 Å². The van der Waals surface area contributed by atoms with Crippen LogP contribution in [-0.4, -0.2) is 41.7 Å². The molecule has 27 heavy (non-hydrogen) atoms. The summed E-state index contributed by atoms with van der Waals surface area (Å²) in [6.07, 6.45) is 4.76. The van der Waals surface area contributed by atoms with E-state index in [4.69, 9.17) is 5.73 Å². The Morgan fingerprint density at radius 1 is 1.22 bits per heavy atom. The van der Waals surface area contributed by atoms with Gasteiger partial charge in [0.25, 0.3) is 5.91 Å². The van der Waals surface area contributed by atoms with Gasteiger partial charge in [0.15, 0.2) is 0 Å². The fraction of sp³-hybridized carbons (Fsp3) is 0.263. The lowest BCUT2D eigenvalue weighted by Crippen LogP contribution is -2.39. The molecule has 0 bridgehead atoms. The van der Waals surface area contributed by atoms with Gasteiger partial charge < -0.3 is 10.7 Å². The third-order valence-electron chi connectivity index (χ3n) is 5.05. The van der Waals surface area contributed by atoms with Crippen LogP contribution in [0, 0.1) is 0 Å². The van der Waals surface area contributed by atoms with Gasteiger partial charge in [-0.2, -0.15) is 4.31 Å². The van der Waals surface area contributed by atoms with Gasteiger partial charge in [-0.15, -0.1) is 0 Å². The van der Waals surface area contributed by atoms with E-state index in [1.807, 2.05) is 12.1 Å². The zero-order chi connectivity index (χ0) is 19.0. The van der Waals surface area contributed by atoms with E-state index in [1.54, 1.807) is 36.7 Å². The van der Waals surface area contributed by atoms with Crippen molar-refractivity contribution in [1.29, 1.82) is 0 Å². The van der Waals surface area contributed by atoms with Gasteiger partial charge in [0.05, 0.1) is 11.1 Å². The van der Waals surface area contributed by atoms with Gasteiger partial charge in [0, 0.05) is 42.5 Å². The number of carbonyl (C=O) groups excluding carboxylic acids is 1. The van der Waals surface area contributed by atoms with E-state index in [1.165, 1.54) is 4.31 Å². The van der Waals surface area contributed by atoms with Crippen LogP contribution in [0.1, 0.15) is 34.8 Å². The average molecular weight is 384 g/mol. The minimum Gasteiger partial charge on any atom is -0.366 e. The minimum absolute atomic E-state index is 0.103. The summed E-state index contributed by atoms with van der Waals surface area (Å²) in [5.74, 6) is -0.613. The van der Waals surface area contributed by atoms with E-state index in [-0.39, 0.29) is 10.8 Å². The molecule has 1 atom stereocenters. The molecule has 0 aliphatic carbocycles. The maximum Gasteiger partial charge on any atom is 0.250 e. The molecule has 8 heteroatoms. The number of sulfonamides is 1. The van der Waals surface area contributed by atoms with Crippen LogP contribution in [0.3, 0.4) is 0 Å². The summed E-state index contributed by atoms with van der Waals surface area (Å²) in [6, 6.07) is 10.4. The van der Waals surface area contributed by atoms with Gasteiger partial charge in [-0.05, 0) is 31.0 Å². The first kappa shape index (κ1) is 17.7. The number of aromatic amines is 1. The summed E-state index contributed by atoms with van der Waals surface area (Å²) in [4.78, 5) is 19.2. The molecule has 1 amide bonds. The third kappa shape index (κ3) is 3.11. The maximum atomic E-state index is 13.3. The van der Waals surface area contributed by atoms with Crippen LogP contribution in [0.4, 0.5) is 0 Å². The monoisotopic (exact) mass is 384 g/mol. The molecule has 3 heterocycles. The highest BCUT2D eigenvalue weighted by molar-refractivity contribution is 7.89. The molecule has 2 aromatic heterocycles. The Labute approximate surface area is 157 Å². The first-order valence-corrected chi connectivity index (χ1v) is 10.2. The average Bonchev–Trinajstić information content (AvgIpc) is 3.18. The van der Waals surface area contributed by atoms with Gasteiger partial charge in [-0.25, -0.2) is 8.42 Å². The topological polar surface area (TPSA) is 109 Å². The SMILES string of the molecule is NC(=O)c1cc[nH]c1C1CCCN(S(=O)(=O)c2cccc3cccnc23)C1. The van der Waals surface area contributed by atoms with Crippen molar-refractivity contribution in [3.05, 3.63) is 60.0 Å². The summed E-state index contributed by atoms with van der Waals surface area (Å²) in [5.41, 5.74) is 7.04. The molecule has 3 aromatic rings. The number of nitrogens with two attached hydrogens (primary N) is 1. The summed E-state index contributed by atoms with van der Waals surface area (Å²) in [6.45, 7) is 0.737. The number of piperidine rings is 1. The smallest absolute Gasteiger partial charge is 0.250 e. The lowest BCUT2D eigenvalue weighted by Gasteiger charge is -2.32. The molecule has 1 fully saturated rings. The molecular weight excluding hydrogens is 364 g/mol. The number of carbonyl (C=O) groups is 1. The van der Waals surface area contributed by atoms with Crippen LogP contribution in [0.25, 0.3) is 10.9 Å². The van der Waals surface area contributed by atoms with Crippen molar-refractivity contribution < 1.29 is 13.2 Å². The first-order valence-electron chi connectivity index (χ1n) is 8.79. The fourth-order valence-corrected chi connectivity index (χ4v) is 5.44. The number of hydrogen-bond acceptors (Lipinski definition) is 4. The molecule has 0 spiro atoms. The fourth-order valence-electron chi connectivity index (χ4n) is 3.75. The Bertz CT molecular complexity index is 1100. The van der Waals surface area contributed by atoms with Crippen LogP contribution >= 0.6 is 0 Å². The highest BCUT2D eigenvalue weighted by Crippen LogP contribution is 2.32. The second-order valence-electron chi connectivity index (χ2n) is 6.70. The maximum absolute atomic E-state index is 13.3. The Morgan fingerprint density at radius 2 is 2.04 bits per heavy atom. The van der Waals surface area contributed by atoms with E-state index in [9.17, 15) is 13.2 Å². The number of nitrogens with one attached hydrogen (secondary N) is 1. The van der Waals surface area contributed by atoms with E-state index in [0.717, 1.165) is 11.8 Å². The minimum atomic E-state index is -3.70. The van der Waals surface area contributed by atoms with Crippen LogP contribution in [-0.2, 0) is 10.0 Å². The number of para-hydroxylation sites is 1. The van der Waals surface area contributed by atoms with Crippen molar-refractivity contribution >= 4 is 26.8 Å². The van der Waals surface area contributed by atoms with E-state index in [2.05, 4.69) is 9.97 Å². The summed E-state index contributed by atoms with van der Waals surface area (Å²) < 4.78 is 28.1. The molecule has 1 aliphatic rings. The van der Waals surface area contributed by atoms with Crippen molar-refractivity contribution in [1.82, 2.24) is 14.3 Å². The molecule has 140 valence electrons. The number of hydrogen-bond donors (Lipinski definition) is 2. The lowest BCUT2D eigenvalue weighted by atomic mass is 9.93. The van der Waals surface area contributed by atoms with Crippen molar-refractivity contribution in [2.75, 3.05) is 13.1 Å². The Hall–Kier alpha value is -2.71. The Balaban J connectivity index is 1.70. The van der Waals surface area contributed by atoms with Gasteiger partial charge in [0.1, 0.15) is 4.90 Å². The number of primary amides is 1. The number of pyridine rings is 1. The molecular formula is C19H20N4O3S. The number of fused-ring (bicyclic) bond motifs is 1. The lowest BCUT2D eigenvalue weighted by molar-refractivity contribution is 0.0998. The van der Waals surface area contributed by atoms with Crippen molar-refractivity contribution in [2.24, 2.45) is 5.73 Å². The van der Waals surface area contributed by atoms with E-state index >= 15 is 0 Å². The second kappa shape index (κ2) is 6.79. The summed E-state index contributed by atoms with van der Waals surface area (Å²) >= 11 is 0. The quantitative estimate of drug-likeness (QED) is 0.719. The van der Waals surface area contributed by atoms with Gasteiger partial charge in [0.2, 0.25) is 10.0 Å². The zero-order valence-electron chi connectivity index (χ0n) is 14.6. The number of H-pyrrole nitrogens is 1. The largest absolute Gasteiger partial charge is 0.366 e. The van der Waals surface area contributed by atoms with Crippen LogP contribution in [0.15, 0.2) is 53.7 Å². The van der Waals surface area contributed by atoms with Gasteiger partial charge in [-0.1, -0.05) is 18.2 Å². The van der Waals surface area contributed by atoms with Gasteiger partial charge in [-0.3, -0.25) is 9.78 Å². The van der Waals surface area contributed by atoms with Crippen molar-refractivity contribution in [3.63, 3.8) is 0 Å². The molecule has 4 rings (SSSR count). The van der Waals surface area contributed by atoms with Crippen LogP contribution in [0.5, 0.6) is 0 Å². The molecule has 1 saturated heterocycles. The van der Waals surface area contributed by atoms with Crippen molar-refractivity contribution in [3.8, 4) is 0 Å².